The maximum Gasteiger partial charge on any atom is 0.341 e. The summed E-state index contributed by atoms with van der Waals surface area (Å²) < 4.78 is 1.20. The Morgan fingerprint density at radius 1 is 1.26 bits per heavy atom. The fraction of sp³-hybridized carbons (Fsp3) is 0.130. The Hall–Kier alpha value is -3.78. The number of aromatic amines is 1. The summed E-state index contributed by atoms with van der Waals surface area (Å²) in [5.74, 6) is -1.47. The minimum Gasteiger partial charge on any atom is -0.477 e. The van der Waals surface area contributed by atoms with Crippen LogP contribution in [-0.4, -0.2) is 38.9 Å². The first-order chi connectivity index (χ1) is 14.8. The van der Waals surface area contributed by atoms with Gasteiger partial charge >= 0.3 is 5.97 Å². The Balaban J connectivity index is 1.53. The van der Waals surface area contributed by atoms with Gasteiger partial charge in [-0.05, 0) is 47.7 Å². The van der Waals surface area contributed by atoms with Gasteiger partial charge in [-0.1, -0.05) is 18.2 Å². The number of H-pyrrole nitrogens is 1. The van der Waals surface area contributed by atoms with Gasteiger partial charge in [-0.15, -0.1) is 11.3 Å². The van der Waals surface area contributed by atoms with Crippen molar-refractivity contribution in [3.8, 4) is 0 Å². The number of benzene rings is 1. The maximum atomic E-state index is 12.6. The number of aryl methyl sites for hydroxylation is 1. The number of carbonyl (C=O) groups excluding carboxylic acids is 1. The minimum absolute atomic E-state index is 0.162. The molecule has 4 aromatic rings. The summed E-state index contributed by atoms with van der Waals surface area (Å²) in [6.45, 7) is 2.58. The number of aromatic nitrogens is 2. The van der Waals surface area contributed by atoms with Gasteiger partial charge in [-0.2, -0.15) is 0 Å². The predicted molar refractivity (Wildman–Crippen MR) is 121 cm³/mol. The van der Waals surface area contributed by atoms with E-state index in [2.05, 4.69) is 29.0 Å². The summed E-state index contributed by atoms with van der Waals surface area (Å²) in [7, 11) is 1.75. The molecule has 7 nitrogen and oxygen atoms in total. The van der Waals surface area contributed by atoms with Crippen molar-refractivity contribution in [3.05, 3.63) is 80.6 Å². The van der Waals surface area contributed by atoms with Crippen molar-refractivity contribution in [2.24, 2.45) is 0 Å². The van der Waals surface area contributed by atoms with E-state index in [9.17, 15) is 14.4 Å². The standard InChI is InChI=1S/C23H19N3O4S/c1-13-16-5-3-4-6-18(16)31-19(13)12-26(2)20(27)8-7-14-9-15-10-17(23(29)30)22(28)25-21(15)24-11-14/h3-11H,12H2,1-2H3,(H,29,30)(H,24,25,28)/b8-7+. The molecule has 0 unspecified atom stereocenters. The first-order valence-electron chi connectivity index (χ1n) is 9.50. The van der Waals surface area contributed by atoms with Crippen LogP contribution in [0.4, 0.5) is 0 Å². The van der Waals surface area contributed by atoms with Crippen LogP contribution < -0.4 is 5.56 Å². The van der Waals surface area contributed by atoms with Gasteiger partial charge in [0, 0.05) is 34.3 Å². The number of amides is 1. The second-order valence-corrected chi connectivity index (χ2v) is 8.33. The quantitative estimate of drug-likeness (QED) is 0.466. The zero-order valence-electron chi connectivity index (χ0n) is 16.9. The van der Waals surface area contributed by atoms with Crippen molar-refractivity contribution < 1.29 is 14.7 Å². The van der Waals surface area contributed by atoms with E-state index in [1.54, 1.807) is 35.4 Å². The molecular weight excluding hydrogens is 414 g/mol. The van der Waals surface area contributed by atoms with Gasteiger partial charge in [-0.3, -0.25) is 9.59 Å². The highest BCUT2D eigenvalue weighted by atomic mass is 32.1. The van der Waals surface area contributed by atoms with Crippen molar-refractivity contribution in [3.63, 3.8) is 0 Å². The van der Waals surface area contributed by atoms with E-state index in [1.165, 1.54) is 34.0 Å². The Morgan fingerprint density at radius 3 is 2.77 bits per heavy atom. The van der Waals surface area contributed by atoms with Crippen LogP contribution in [0, 0.1) is 6.92 Å². The molecule has 4 rings (SSSR count). The molecule has 0 aliphatic carbocycles. The molecule has 1 aromatic carbocycles. The average Bonchev–Trinajstić information content (AvgIpc) is 3.06. The lowest BCUT2D eigenvalue weighted by atomic mass is 10.1. The summed E-state index contributed by atoms with van der Waals surface area (Å²) in [6.07, 6.45) is 4.59. The topological polar surface area (TPSA) is 103 Å². The van der Waals surface area contributed by atoms with E-state index in [0.29, 0.717) is 17.5 Å². The van der Waals surface area contributed by atoms with Crippen LogP contribution in [0.5, 0.6) is 0 Å². The second-order valence-electron chi connectivity index (χ2n) is 7.20. The van der Waals surface area contributed by atoms with Gasteiger partial charge in [0.05, 0.1) is 6.54 Å². The number of carboxylic acid groups (broad SMARTS) is 1. The number of hydrogen-bond acceptors (Lipinski definition) is 5. The molecule has 3 aromatic heterocycles. The highest BCUT2D eigenvalue weighted by molar-refractivity contribution is 7.19. The zero-order valence-corrected chi connectivity index (χ0v) is 17.7. The SMILES string of the molecule is Cc1c(CN(C)C(=O)/C=C/c2cnc3[nH]c(=O)c(C(=O)O)cc3c2)sc2ccccc12. The molecule has 0 spiro atoms. The summed E-state index contributed by atoms with van der Waals surface area (Å²) in [6, 6.07) is 11.1. The van der Waals surface area contributed by atoms with Crippen molar-refractivity contribution >= 4 is 50.4 Å². The fourth-order valence-electron chi connectivity index (χ4n) is 3.32. The van der Waals surface area contributed by atoms with Crippen molar-refractivity contribution in [1.82, 2.24) is 14.9 Å². The number of carboxylic acids is 1. The summed E-state index contributed by atoms with van der Waals surface area (Å²) in [5.41, 5.74) is 1.03. The molecular formula is C23H19N3O4S. The summed E-state index contributed by atoms with van der Waals surface area (Å²) in [5, 5.41) is 10.8. The Bertz CT molecular complexity index is 1420. The molecule has 1 amide bonds. The summed E-state index contributed by atoms with van der Waals surface area (Å²) >= 11 is 1.69. The molecule has 0 aliphatic rings. The number of fused-ring (bicyclic) bond motifs is 2. The van der Waals surface area contributed by atoms with Gasteiger partial charge in [0.15, 0.2) is 0 Å². The smallest absolute Gasteiger partial charge is 0.341 e. The lowest BCUT2D eigenvalue weighted by Gasteiger charge is -2.14. The van der Waals surface area contributed by atoms with Crippen molar-refractivity contribution in [2.45, 2.75) is 13.5 Å². The number of hydrogen-bond donors (Lipinski definition) is 2. The Morgan fingerprint density at radius 2 is 2.03 bits per heavy atom. The largest absolute Gasteiger partial charge is 0.477 e. The highest BCUT2D eigenvalue weighted by Crippen LogP contribution is 2.31. The number of aromatic carboxylic acids is 1. The highest BCUT2D eigenvalue weighted by Gasteiger charge is 2.13. The van der Waals surface area contributed by atoms with Crippen LogP contribution in [0.2, 0.25) is 0 Å². The molecule has 0 radical (unpaired) electrons. The van der Waals surface area contributed by atoms with Crippen LogP contribution in [0.15, 0.2) is 53.5 Å². The van der Waals surface area contributed by atoms with Crippen molar-refractivity contribution in [2.75, 3.05) is 7.05 Å². The van der Waals surface area contributed by atoms with Gasteiger partial charge in [-0.25, -0.2) is 9.78 Å². The van der Waals surface area contributed by atoms with Gasteiger partial charge in [0.25, 0.3) is 5.56 Å². The van der Waals surface area contributed by atoms with Gasteiger partial charge in [0.2, 0.25) is 5.91 Å². The van der Waals surface area contributed by atoms with Crippen LogP contribution in [0.3, 0.4) is 0 Å². The van der Waals surface area contributed by atoms with E-state index in [-0.39, 0.29) is 17.1 Å². The molecule has 0 saturated carbocycles. The molecule has 156 valence electrons. The monoisotopic (exact) mass is 433 g/mol. The molecule has 0 atom stereocenters. The third-order valence-electron chi connectivity index (χ3n) is 5.06. The molecule has 31 heavy (non-hydrogen) atoms. The van der Waals surface area contributed by atoms with E-state index >= 15 is 0 Å². The number of carbonyl (C=O) groups is 2. The van der Waals surface area contributed by atoms with E-state index in [1.807, 2.05) is 12.1 Å². The van der Waals surface area contributed by atoms with Crippen LogP contribution >= 0.6 is 11.3 Å². The van der Waals surface area contributed by atoms with E-state index in [4.69, 9.17) is 5.11 Å². The van der Waals surface area contributed by atoms with Crippen LogP contribution in [0.25, 0.3) is 27.2 Å². The molecule has 3 heterocycles. The Labute approximate surface area is 181 Å². The molecule has 0 bridgehead atoms. The predicted octanol–water partition coefficient (Wildman–Crippen LogP) is 3.82. The molecule has 0 fully saturated rings. The number of likely N-dealkylation sites (N-methyl/N-ethyl adjacent to an activating group) is 1. The third kappa shape index (κ3) is 4.10. The Kier molecular flexibility index (Phi) is 5.39. The minimum atomic E-state index is -1.31. The molecule has 0 saturated heterocycles. The normalized spacial score (nSPS) is 11.4. The fourth-order valence-corrected chi connectivity index (χ4v) is 4.59. The van der Waals surface area contributed by atoms with Gasteiger partial charge < -0.3 is 15.0 Å². The van der Waals surface area contributed by atoms with Crippen molar-refractivity contribution in [1.29, 1.82) is 0 Å². The number of pyridine rings is 2. The van der Waals surface area contributed by atoms with Gasteiger partial charge in [0.1, 0.15) is 11.2 Å². The first kappa shape index (κ1) is 20.5. The number of nitrogens with zero attached hydrogens (tertiary/aromatic N) is 2. The molecule has 0 aliphatic heterocycles. The molecule has 8 heteroatoms. The van der Waals surface area contributed by atoms with E-state index < -0.39 is 11.5 Å². The van der Waals surface area contributed by atoms with Crippen LogP contribution in [-0.2, 0) is 11.3 Å². The van der Waals surface area contributed by atoms with Crippen LogP contribution in [0.1, 0.15) is 26.4 Å². The number of nitrogens with one attached hydrogen (secondary N) is 1. The zero-order chi connectivity index (χ0) is 22.1. The molecule has 2 N–H and O–H groups in total. The second kappa shape index (κ2) is 8.16. The number of rotatable bonds is 5. The summed E-state index contributed by atoms with van der Waals surface area (Å²) in [4.78, 5) is 44.9. The maximum absolute atomic E-state index is 12.6. The lowest BCUT2D eigenvalue weighted by Crippen LogP contribution is -2.23. The average molecular weight is 433 g/mol. The number of thiophene rings is 1. The van der Waals surface area contributed by atoms with E-state index in [0.717, 1.165) is 4.88 Å². The lowest BCUT2D eigenvalue weighted by molar-refractivity contribution is -0.125. The first-order valence-corrected chi connectivity index (χ1v) is 10.3. The third-order valence-corrected chi connectivity index (χ3v) is 6.32.